The first-order valence-corrected chi connectivity index (χ1v) is 5.96. The van der Waals surface area contributed by atoms with Gasteiger partial charge in [0.15, 0.2) is 6.61 Å². The smallest absolute Gasteiger partial charge is 0.331 e. The van der Waals surface area contributed by atoms with Gasteiger partial charge in [0.05, 0.1) is 6.04 Å². The third kappa shape index (κ3) is 3.91. The van der Waals surface area contributed by atoms with Crippen LogP contribution in [0.15, 0.2) is 60.7 Å². The van der Waals surface area contributed by atoms with Gasteiger partial charge in [0, 0.05) is 0 Å². The van der Waals surface area contributed by atoms with Gasteiger partial charge < -0.3 is 5.11 Å². The van der Waals surface area contributed by atoms with Crippen molar-refractivity contribution in [3.63, 3.8) is 0 Å². The lowest BCUT2D eigenvalue weighted by molar-refractivity contribution is -0.145. The van der Waals surface area contributed by atoms with Crippen LogP contribution < -0.4 is 5.48 Å². The van der Waals surface area contributed by atoms with Crippen molar-refractivity contribution in [2.75, 3.05) is 6.61 Å². The van der Waals surface area contributed by atoms with E-state index in [0.29, 0.717) is 0 Å². The van der Waals surface area contributed by atoms with Crippen LogP contribution in [0.1, 0.15) is 17.2 Å². The first-order valence-electron chi connectivity index (χ1n) is 5.96. The van der Waals surface area contributed by atoms with E-state index in [-0.39, 0.29) is 12.6 Å². The number of hydroxylamine groups is 1. The number of carboxylic acid groups (broad SMARTS) is 1. The number of nitrogens with one attached hydrogen (secondary N) is 1. The standard InChI is InChI=1S/C15H15NO3/c17-14(18)11-19-16-15(12-7-3-1-4-8-12)13-9-5-2-6-10-13/h1-10,15-16H,11H2,(H,17,18). The van der Waals surface area contributed by atoms with Crippen molar-refractivity contribution in [3.8, 4) is 0 Å². The summed E-state index contributed by atoms with van der Waals surface area (Å²) in [4.78, 5) is 15.5. The Morgan fingerprint density at radius 2 is 1.47 bits per heavy atom. The minimum Gasteiger partial charge on any atom is -0.479 e. The molecule has 2 aromatic carbocycles. The van der Waals surface area contributed by atoms with Crippen molar-refractivity contribution in [1.82, 2.24) is 5.48 Å². The van der Waals surface area contributed by atoms with Crippen LogP contribution >= 0.6 is 0 Å². The van der Waals surface area contributed by atoms with Crippen molar-refractivity contribution in [2.45, 2.75) is 6.04 Å². The number of rotatable bonds is 6. The summed E-state index contributed by atoms with van der Waals surface area (Å²) in [5, 5.41) is 8.60. The molecule has 2 rings (SSSR count). The van der Waals surface area contributed by atoms with E-state index in [2.05, 4.69) is 5.48 Å². The summed E-state index contributed by atoms with van der Waals surface area (Å²) in [5.74, 6) is -1.01. The molecule has 0 aliphatic carbocycles. The van der Waals surface area contributed by atoms with Crippen LogP contribution in [0.3, 0.4) is 0 Å². The summed E-state index contributed by atoms with van der Waals surface area (Å²) in [6.07, 6.45) is 0. The zero-order valence-electron chi connectivity index (χ0n) is 10.3. The molecular formula is C15H15NO3. The van der Waals surface area contributed by atoms with E-state index in [9.17, 15) is 4.79 Å². The Kier molecular flexibility index (Phi) is 4.66. The number of benzene rings is 2. The number of carboxylic acids is 1. The number of hydrogen-bond donors (Lipinski definition) is 2. The summed E-state index contributed by atoms with van der Waals surface area (Å²) in [5.41, 5.74) is 4.83. The average molecular weight is 257 g/mol. The maximum atomic E-state index is 10.5. The number of carbonyl (C=O) groups is 1. The maximum Gasteiger partial charge on any atom is 0.331 e. The fourth-order valence-electron chi connectivity index (χ4n) is 1.81. The summed E-state index contributed by atoms with van der Waals surface area (Å²) >= 11 is 0. The molecule has 2 N–H and O–H groups in total. The number of aliphatic carboxylic acids is 1. The molecule has 2 aromatic rings. The molecular weight excluding hydrogens is 242 g/mol. The van der Waals surface area contributed by atoms with Crippen molar-refractivity contribution < 1.29 is 14.7 Å². The molecule has 0 radical (unpaired) electrons. The van der Waals surface area contributed by atoms with E-state index >= 15 is 0 Å². The van der Waals surface area contributed by atoms with Crippen LogP contribution in [0.25, 0.3) is 0 Å². The Bertz CT molecular complexity index is 474. The lowest BCUT2D eigenvalue weighted by Crippen LogP contribution is -2.25. The van der Waals surface area contributed by atoms with Crippen molar-refractivity contribution >= 4 is 5.97 Å². The van der Waals surface area contributed by atoms with E-state index in [0.717, 1.165) is 11.1 Å². The lowest BCUT2D eigenvalue weighted by Gasteiger charge is -2.18. The molecule has 98 valence electrons. The molecule has 0 saturated heterocycles. The molecule has 0 aromatic heterocycles. The summed E-state index contributed by atoms with van der Waals surface area (Å²) in [6.45, 7) is -0.379. The van der Waals surface area contributed by atoms with Crippen LogP contribution in [-0.4, -0.2) is 17.7 Å². The Balaban J connectivity index is 2.17. The largest absolute Gasteiger partial charge is 0.479 e. The minimum absolute atomic E-state index is 0.193. The van der Waals surface area contributed by atoms with E-state index in [1.807, 2.05) is 60.7 Å². The maximum absolute atomic E-state index is 10.5. The van der Waals surface area contributed by atoms with Crippen LogP contribution in [0.2, 0.25) is 0 Å². The SMILES string of the molecule is O=C(O)CONC(c1ccccc1)c1ccccc1. The first-order chi connectivity index (χ1) is 9.27. The van der Waals surface area contributed by atoms with Crippen LogP contribution in [-0.2, 0) is 9.63 Å². The van der Waals surface area contributed by atoms with E-state index < -0.39 is 5.97 Å². The minimum atomic E-state index is -1.01. The molecule has 0 aliphatic rings. The lowest BCUT2D eigenvalue weighted by atomic mass is 10.00. The van der Waals surface area contributed by atoms with Gasteiger partial charge in [-0.1, -0.05) is 60.7 Å². The van der Waals surface area contributed by atoms with Crippen LogP contribution in [0, 0.1) is 0 Å². The first kappa shape index (κ1) is 13.3. The highest BCUT2D eigenvalue weighted by molar-refractivity contribution is 5.67. The Labute approximate surface area is 111 Å². The molecule has 0 unspecified atom stereocenters. The zero-order valence-corrected chi connectivity index (χ0v) is 10.3. The van der Waals surface area contributed by atoms with E-state index in [4.69, 9.17) is 9.94 Å². The van der Waals surface area contributed by atoms with Gasteiger partial charge in [-0.3, -0.25) is 4.84 Å². The second kappa shape index (κ2) is 6.68. The average Bonchev–Trinajstić information content (AvgIpc) is 2.45. The third-order valence-electron chi connectivity index (χ3n) is 2.66. The van der Waals surface area contributed by atoms with Gasteiger partial charge in [0.25, 0.3) is 0 Å². The molecule has 0 fully saturated rings. The predicted molar refractivity (Wildman–Crippen MR) is 71.5 cm³/mol. The quantitative estimate of drug-likeness (QED) is 0.780. The normalized spacial score (nSPS) is 10.6. The van der Waals surface area contributed by atoms with Crippen LogP contribution in [0.4, 0.5) is 0 Å². The number of hydrogen-bond acceptors (Lipinski definition) is 3. The van der Waals surface area contributed by atoms with Gasteiger partial charge in [-0.05, 0) is 11.1 Å². The molecule has 0 saturated carbocycles. The van der Waals surface area contributed by atoms with Gasteiger partial charge in [-0.15, -0.1) is 0 Å². The third-order valence-corrected chi connectivity index (χ3v) is 2.66. The molecule has 19 heavy (non-hydrogen) atoms. The van der Waals surface area contributed by atoms with Crippen molar-refractivity contribution in [3.05, 3.63) is 71.8 Å². The molecule has 0 aliphatic heterocycles. The van der Waals surface area contributed by atoms with Gasteiger partial charge >= 0.3 is 5.97 Å². The second-order valence-corrected chi connectivity index (χ2v) is 4.05. The highest BCUT2D eigenvalue weighted by Crippen LogP contribution is 2.21. The summed E-state index contributed by atoms with van der Waals surface area (Å²) < 4.78 is 0. The highest BCUT2D eigenvalue weighted by Gasteiger charge is 2.13. The molecule has 0 bridgehead atoms. The molecule has 4 heteroatoms. The highest BCUT2D eigenvalue weighted by atomic mass is 16.7. The topological polar surface area (TPSA) is 58.6 Å². The fourth-order valence-corrected chi connectivity index (χ4v) is 1.81. The fraction of sp³-hybridized carbons (Fsp3) is 0.133. The molecule has 4 nitrogen and oxygen atoms in total. The van der Waals surface area contributed by atoms with Gasteiger partial charge in [0.2, 0.25) is 0 Å². The summed E-state index contributed by atoms with van der Waals surface area (Å²) in [7, 11) is 0. The molecule has 0 spiro atoms. The Morgan fingerprint density at radius 3 is 1.89 bits per heavy atom. The van der Waals surface area contributed by atoms with E-state index in [1.165, 1.54) is 0 Å². The molecule has 0 atom stereocenters. The monoisotopic (exact) mass is 257 g/mol. The van der Waals surface area contributed by atoms with Crippen molar-refractivity contribution in [1.29, 1.82) is 0 Å². The van der Waals surface area contributed by atoms with Gasteiger partial charge in [0.1, 0.15) is 0 Å². The second-order valence-electron chi connectivity index (χ2n) is 4.05. The van der Waals surface area contributed by atoms with Gasteiger partial charge in [-0.25, -0.2) is 4.79 Å². The zero-order chi connectivity index (χ0) is 13.5. The van der Waals surface area contributed by atoms with Gasteiger partial charge in [-0.2, -0.15) is 5.48 Å². The predicted octanol–water partition coefficient (Wildman–Crippen LogP) is 2.38. The molecule has 0 heterocycles. The van der Waals surface area contributed by atoms with E-state index in [1.54, 1.807) is 0 Å². The summed E-state index contributed by atoms with van der Waals surface area (Å²) in [6, 6.07) is 19.3. The van der Waals surface area contributed by atoms with Crippen molar-refractivity contribution in [2.24, 2.45) is 0 Å². The Hall–Kier alpha value is -2.17. The Morgan fingerprint density at radius 1 is 1.00 bits per heavy atom. The molecule has 0 amide bonds. The van der Waals surface area contributed by atoms with Crippen LogP contribution in [0.5, 0.6) is 0 Å².